The molecular weight excluding hydrogens is 358 g/mol. The van der Waals surface area contributed by atoms with E-state index in [1.807, 2.05) is 56.3 Å². The van der Waals surface area contributed by atoms with Gasteiger partial charge < -0.3 is 24.3 Å². The summed E-state index contributed by atoms with van der Waals surface area (Å²) < 4.78 is 21.9. The van der Waals surface area contributed by atoms with E-state index in [2.05, 4.69) is 5.32 Å². The van der Waals surface area contributed by atoms with Gasteiger partial charge in [-0.25, -0.2) is 0 Å². The summed E-state index contributed by atoms with van der Waals surface area (Å²) >= 11 is 0. The molecule has 0 unspecified atom stereocenters. The number of nitrogens with one attached hydrogen (secondary N) is 1. The maximum Gasteiger partial charge on any atom is 0.220 e. The first kappa shape index (κ1) is 21.4. The Hall–Kier alpha value is -2.89. The van der Waals surface area contributed by atoms with Crippen LogP contribution in [0.3, 0.4) is 0 Å². The third kappa shape index (κ3) is 7.02. The van der Waals surface area contributed by atoms with Crippen LogP contribution in [0.1, 0.15) is 32.3 Å². The zero-order valence-electron chi connectivity index (χ0n) is 16.8. The lowest BCUT2D eigenvalue weighted by atomic mass is 10.2. The van der Waals surface area contributed by atoms with Crippen LogP contribution in [0, 0.1) is 0 Å². The molecule has 6 heteroatoms. The van der Waals surface area contributed by atoms with Crippen molar-refractivity contribution in [2.45, 2.75) is 33.2 Å². The number of amides is 1. The molecule has 2 aromatic rings. The van der Waals surface area contributed by atoms with Crippen molar-refractivity contribution in [1.29, 1.82) is 0 Å². The highest BCUT2D eigenvalue weighted by Gasteiger charge is 2.07. The Morgan fingerprint density at radius 3 is 2.25 bits per heavy atom. The Morgan fingerprint density at radius 2 is 1.57 bits per heavy atom. The summed E-state index contributed by atoms with van der Waals surface area (Å²) in [5, 5.41) is 2.93. The van der Waals surface area contributed by atoms with E-state index in [1.54, 1.807) is 7.11 Å². The van der Waals surface area contributed by atoms with Crippen molar-refractivity contribution in [3.8, 4) is 23.0 Å². The second-order valence-corrected chi connectivity index (χ2v) is 6.05. The number of hydrogen-bond acceptors (Lipinski definition) is 5. The standard InChI is InChI=1S/C22H29NO5/c1-4-26-20-13-8-17(15-21(20)27-5-2)16-23-22(24)7-6-14-28-19-11-9-18(25-3)10-12-19/h8-13,15H,4-7,14,16H2,1-3H3,(H,23,24). The number of carbonyl (C=O) groups excluding carboxylic acids is 1. The highest BCUT2D eigenvalue weighted by Crippen LogP contribution is 2.28. The number of benzene rings is 2. The summed E-state index contributed by atoms with van der Waals surface area (Å²) in [6.45, 7) is 5.93. The highest BCUT2D eigenvalue weighted by atomic mass is 16.5. The van der Waals surface area contributed by atoms with Gasteiger partial charge in [0.25, 0.3) is 0 Å². The Kier molecular flexibility index (Phi) is 8.98. The smallest absolute Gasteiger partial charge is 0.220 e. The van der Waals surface area contributed by atoms with Crippen LogP contribution in [-0.2, 0) is 11.3 Å². The van der Waals surface area contributed by atoms with Crippen LogP contribution >= 0.6 is 0 Å². The second-order valence-electron chi connectivity index (χ2n) is 6.05. The van der Waals surface area contributed by atoms with Gasteiger partial charge in [-0.15, -0.1) is 0 Å². The number of methoxy groups -OCH3 is 1. The van der Waals surface area contributed by atoms with E-state index in [-0.39, 0.29) is 5.91 Å². The number of rotatable bonds is 12. The first-order valence-corrected chi connectivity index (χ1v) is 9.58. The molecule has 1 N–H and O–H groups in total. The first-order valence-electron chi connectivity index (χ1n) is 9.58. The van der Waals surface area contributed by atoms with Crippen LogP contribution in [0.15, 0.2) is 42.5 Å². The van der Waals surface area contributed by atoms with E-state index in [9.17, 15) is 4.79 Å². The molecule has 0 aliphatic rings. The fourth-order valence-corrected chi connectivity index (χ4v) is 2.59. The van der Waals surface area contributed by atoms with Crippen molar-refractivity contribution in [2.75, 3.05) is 26.9 Å². The van der Waals surface area contributed by atoms with Crippen molar-refractivity contribution in [1.82, 2.24) is 5.32 Å². The predicted octanol–water partition coefficient (Wildman–Crippen LogP) is 3.97. The molecule has 0 aliphatic carbocycles. The van der Waals surface area contributed by atoms with Gasteiger partial charge in [-0.05, 0) is 62.2 Å². The molecule has 0 spiro atoms. The van der Waals surface area contributed by atoms with Gasteiger partial charge >= 0.3 is 0 Å². The molecule has 0 saturated carbocycles. The molecule has 0 atom stereocenters. The molecule has 2 rings (SSSR count). The van der Waals surface area contributed by atoms with Gasteiger partial charge in [0, 0.05) is 13.0 Å². The van der Waals surface area contributed by atoms with E-state index >= 15 is 0 Å². The van der Waals surface area contributed by atoms with Crippen molar-refractivity contribution in [2.24, 2.45) is 0 Å². The van der Waals surface area contributed by atoms with E-state index < -0.39 is 0 Å². The quantitative estimate of drug-likeness (QED) is 0.558. The minimum absolute atomic E-state index is 0.00910. The van der Waals surface area contributed by atoms with Crippen LogP contribution in [-0.4, -0.2) is 32.8 Å². The number of carbonyl (C=O) groups is 1. The SMILES string of the molecule is CCOc1ccc(CNC(=O)CCCOc2ccc(OC)cc2)cc1OCC. The van der Waals surface area contributed by atoms with Gasteiger partial charge in [0.1, 0.15) is 11.5 Å². The lowest BCUT2D eigenvalue weighted by Crippen LogP contribution is -2.23. The summed E-state index contributed by atoms with van der Waals surface area (Å²) in [5.41, 5.74) is 0.967. The molecule has 152 valence electrons. The maximum atomic E-state index is 12.1. The van der Waals surface area contributed by atoms with Crippen molar-refractivity contribution in [3.05, 3.63) is 48.0 Å². The van der Waals surface area contributed by atoms with Crippen molar-refractivity contribution in [3.63, 3.8) is 0 Å². The summed E-state index contributed by atoms with van der Waals surface area (Å²) in [6.07, 6.45) is 1.05. The fourth-order valence-electron chi connectivity index (χ4n) is 2.59. The summed E-state index contributed by atoms with van der Waals surface area (Å²) in [6, 6.07) is 13.1. The molecule has 0 aliphatic heterocycles. The second kappa shape index (κ2) is 11.7. The Labute approximate surface area is 166 Å². The third-order valence-electron chi connectivity index (χ3n) is 3.97. The lowest BCUT2D eigenvalue weighted by molar-refractivity contribution is -0.121. The van der Waals surface area contributed by atoms with Crippen LogP contribution in [0.25, 0.3) is 0 Å². The van der Waals surface area contributed by atoms with Crippen LogP contribution < -0.4 is 24.3 Å². The Balaban J connectivity index is 1.72. The van der Waals surface area contributed by atoms with Gasteiger partial charge in [-0.1, -0.05) is 6.07 Å². The molecule has 2 aromatic carbocycles. The van der Waals surface area contributed by atoms with E-state index in [0.29, 0.717) is 45.0 Å². The summed E-state index contributed by atoms with van der Waals surface area (Å²) in [4.78, 5) is 12.1. The number of ether oxygens (including phenoxy) is 4. The minimum Gasteiger partial charge on any atom is -0.497 e. The molecule has 28 heavy (non-hydrogen) atoms. The van der Waals surface area contributed by atoms with Crippen molar-refractivity contribution < 1.29 is 23.7 Å². The Morgan fingerprint density at radius 1 is 0.893 bits per heavy atom. The van der Waals surface area contributed by atoms with E-state index in [4.69, 9.17) is 18.9 Å². The molecule has 0 radical (unpaired) electrons. The van der Waals surface area contributed by atoms with Gasteiger partial charge in [0.15, 0.2) is 11.5 Å². The number of hydrogen-bond donors (Lipinski definition) is 1. The molecule has 0 fully saturated rings. The lowest BCUT2D eigenvalue weighted by Gasteiger charge is -2.13. The van der Waals surface area contributed by atoms with Gasteiger partial charge in [-0.2, -0.15) is 0 Å². The monoisotopic (exact) mass is 387 g/mol. The third-order valence-corrected chi connectivity index (χ3v) is 3.97. The fraction of sp³-hybridized carbons (Fsp3) is 0.409. The van der Waals surface area contributed by atoms with Crippen LogP contribution in [0.5, 0.6) is 23.0 Å². The zero-order valence-corrected chi connectivity index (χ0v) is 16.8. The zero-order chi connectivity index (χ0) is 20.2. The molecule has 1 amide bonds. The molecular formula is C22H29NO5. The molecule has 0 heterocycles. The minimum atomic E-state index is -0.00910. The van der Waals surface area contributed by atoms with E-state index in [0.717, 1.165) is 22.8 Å². The molecule has 0 bridgehead atoms. The molecule has 6 nitrogen and oxygen atoms in total. The maximum absolute atomic E-state index is 12.1. The van der Waals surface area contributed by atoms with Crippen molar-refractivity contribution >= 4 is 5.91 Å². The highest BCUT2D eigenvalue weighted by molar-refractivity contribution is 5.75. The van der Waals surface area contributed by atoms with Crippen LogP contribution in [0.4, 0.5) is 0 Å². The first-order chi connectivity index (χ1) is 13.7. The summed E-state index contributed by atoms with van der Waals surface area (Å²) in [5.74, 6) is 2.96. The average molecular weight is 387 g/mol. The summed E-state index contributed by atoms with van der Waals surface area (Å²) in [7, 11) is 1.62. The Bertz CT molecular complexity index is 730. The van der Waals surface area contributed by atoms with Crippen LogP contribution in [0.2, 0.25) is 0 Å². The van der Waals surface area contributed by atoms with Gasteiger partial charge in [-0.3, -0.25) is 4.79 Å². The molecule has 0 aromatic heterocycles. The predicted molar refractivity (Wildman–Crippen MR) is 108 cm³/mol. The van der Waals surface area contributed by atoms with E-state index in [1.165, 1.54) is 0 Å². The molecule has 0 saturated heterocycles. The topological polar surface area (TPSA) is 66.0 Å². The van der Waals surface area contributed by atoms with Gasteiger partial charge in [0.05, 0.1) is 26.9 Å². The average Bonchev–Trinajstić information content (AvgIpc) is 2.72. The van der Waals surface area contributed by atoms with Gasteiger partial charge in [0.2, 0.25) is 5.91 Å². The largest absolute Gasteiger partial charge is 0.497 e. The normalized spacial score (nSPS) is 10.2.